The van der Waals surface area contributed by atoms with Gasteiger partial charge in [-0.1, -0.05) is 115 Å². The number of thiazole rings is 1. The number of rotatable bonds is 27. The fourth-order valence-corrected chi connectivity index (χ4v) is 5.73. The van der Waals surface area contributed by atoms with E-state index in [1.54, 1.807) is 24.3 Å². The fourth-order valence-electron chi connectivity index (χ4n) is 5.06. The summed E-state index contributed by atoms with van der Waals surface area (Å²) in [4.78, 5) is 28.0. The first-order chi connectivity index (χ1) is 22.0. The van der Waals surface area contributed by atoms with Crippen LogP contribution in [0.25, 0.3) is 0 Å². The van der Waals surface area contributed by atoms with E-state index < -0.39 is 18.3 Å². The van der Waals surface area contributed by atoms with Crippen LogP contribution in [-0.2, 0) is 15.9 Å². The van der Waals surface area contributed by atoms with Crippen LogP contribution in [0.1, 0.15) is 134 Å². The molecule has 2 rings (SSSR count). The Hall–Kier alpha value is -2.34. The molecule has 0 aliphatic rings. The van der Waals surface area contributed by atoms with E-state index in [2.05, 4.69) is 27.7 Å². The van der Waals surface area contributed by atoms with Crippen molar-refractivity contribution in [3.63, 3.8) is 0 Å². The molecule has 2 heterocycles. The second-order valence-electron chi connectivity index (χ2n) is 11.9. The molecule has 0 fully saturated rings. The van der Waals surface area contributed by atoms with Gasteiger partial charge in [-0.15, -0.1) is 0 Å². The standard InChI is InChI=1S/C34H58N4O6S.BrH/c1-4-6-7-8-9-10-11-12-13-14-15-16-17-18-19-22-36-33(39)41-26-30(43-31-25-28(3)44-38-31)27-42-34(40)37-29(5-2)20-21-32-35-23-24-45-32;/h23-25,29-30H,4-22,26-27H2,1-3H3,(H,36,39)(H,37,40);1H. The highest BCUT2D eigenvalue weighted by atomic mass is 79.9. The van der Waals surface area contributed by atoms with Crippen molar-refractivity contribution in [2.45, 2.75) is 148 Å². The first-order valence-corrected chi connectivity index (χ1v) is 18.3. The number of carbonyl (C=O) groups is 2. The van der Waals surface area contributed by atoms with Gasteiger partial charge in [-0.05, 0) is 31.3 Å². The number of ether oxygens (including phenoxy) is 3. The van der Waals surface area contributed by atoms with Gasteiger partial charge in [0.2, 0.25) is 5.01 Å². The van der Waals surface area contributed by atoms with Crippen molar-refractivity contribution in [1.82, 2.24) is 15.8 Å². The van der Waals surface area contributed by atoms with Crippen LogP contribution in [0, 0.1) is 6.92 Å². The van der Waals surface area contributed by atoms with E-state index in [4.69, 9.17) is 18.7 Å². The molecule has 2 amide bonds. The summed E-state index contributed by atoms with van der Waals surface area (Å²) in [6.45, 7) is 6.39. The van der Waals surface area contributed by atoms with E-state index in [0.717, 1.165) is 37.1 Å². The molecule has 2 aromatic rings. The van der Waals surface area contributed by atoms with Crippen molar-refractivity contribution in [2.75, 3.05) is 19.8 Å². The van der Waals surface area contributed by atoms with Crippen molar-refractivity contribution in [3.8, 4) is 5.88 Å². The number of nitrogens with zero attached hydrogens (tertiary/aromatic N) is 1. The number of carbonyl (C=O) groups excluding carboxylic acids is 2. The maximum absolute atomic E-state index is 12.5. The molecule has 0 aromatic carbocycles. The molecule has 2 atom stereocenters. The molecule has 10 nitrogen and oxygen atoms in total. The minimum Gasteiger partial charge on any atom is -1.00 e. The van der Waals surface area contributed by atoms with Crippen LogP contribution >= 0.6 is 11.3 Å². The van der Waals surface area contributed by atoms with E-state index in [1.165, 1.54) is 83.5 Å². The van der Waals surface area contributed by atoms with Gasteiger partial charge in [-0.2, -0.15) is 0 Å². The van der Waals surface area contributed by atoms with Gasteiger partial charge in [0.15, 0.2) is 12.3 Å². The lowest BCUT2D eigenvalue weighted by Gasteiger charge is -2.19. The molecule has 0 bridgehead atoms. The van der Waals surface area contributed by atoms with E-state index in [-0.39, 0.29) is 42.1 Å². The highest BCUT2D eigenvalue weighted by Gasteiger charge is 2.20. The predicted octanol–water partition coefficient (Wildman–Crippen LogP) is 5.35. The molecule has 2 unspecified atom stereocenters. The third kappa shape index (κ3) is 21.5. The summed E-state index contributed by atoms with van der Waals surface area (Å²) in [6, 6.07) is 1.60. The lowest BCUT2D eigenvalue weighted by molar-refractivity contribution is -0.382. The van der Waals surface area contributed by atoms with Crippen molar-refractivity contribution < 1.29 is 50.3 Å². The lowest BCUT2D eigenvalue weighted by Crippen LogP contribution is -3.00. The van der Waals surface area contributed by atoms with Crippen LogP contribution in [0.4, 0.5) is 9.59 Å². The Kier molecular flexibility index (Phi) is 25.1. The molecule has 0 radical (unpaired) electrons. The number of alkyl carbamates (subject to hydrolysis) is 2. The summed E-state index contributed by atoms with van der Waals surface area (Å²) in [5.41, 5.74) is 0. The van der Waals surface area contributed by atoms with Crippen LogP contribution in [0.5, 0.6) is 5.88 Å². The van der Waals surface area contributed by atoms with Gasteiger partial charge < -0.3 is 46.3 Å². The summed E-state index contributed by atoms with van der Waals surface area (Å²) in [5, 5.41) is 12.7. The van der Waals surface area contributed by atoms with Gasteiger partial charge in [0.05, 0.1) is 5.38 Å². The van der Waals surface area contributed by atoms with Gasteiger partial charge in [-0.3, -0.25) is 0 Å². The monoisotopic (exact) mass is 730 g/mol. The molecule has 12 heteroatoms. The Morgan fingerprint density at radius 1 is 0.891 bits per heavy atom. The van der Waals surface area contributed by atoms with Crippen LogP contribution in [-0.4, -0.2) is 49.2 Å². The van der Waals surface area contributed by atoms with Crippen LogP contribution < -0.4 is 37.3 Å². The second kappa shape index (κ2) is 27.7. The highest BCUT2D eigenvalue weighted by molar-refractivity contribution is 7.09. The molecular weight excluding hydrogens is 672 g/mol. The van der Waals surface area contributed by atoms with Crippen LogP contribution in [0.15, 0.2) is 22.2 Å². The topological polar surface area (TPSA) is 126 Å². The third-order valence-electron chi connectivity index (χ3n) is 7.80. The normalized spacial score (nSPS) is 12.2. The van der Waals surface area contributed by atoms with Crippen molar-refractivity contribution in [1.29, 1.82) is 0 Å². The maximum Gasteiger partial charge on any atom is 0.407 e. The number of nitrogens with one attached hydrogen (secondary N) is 3. The Morgan fingerprint density at radius 2 is 1.48 bits per heavy atom. The molecule has 46 heavy (non-hydrogen) atoms. The lowest BCUT2D eigenvalue weighted by atomic mass is 10.0. The van der Waals surface area contributed by atoms with Crippen LogP contribution in [0.2, 0.25) is 0 Å². The van der Waals surface area contributed by atoms with Gasteiger partial charge >= 0.3 is 12.2 Å². The van der Waals surface area contributed by atoms with Gasteiger partial charge in [-0.25, -0.2) is 14.6 Å². The number of unbranched alkanes of at least 4 members (excludes halogenated alkanes) is 14. The smallest absolute Gasteiger partial charge is 0.407 e. The average Bonchev–Trinajstić information content (AvgIpc) is 3.71. The number of hydrogen-bond acceptors (Lipinski definition) is 8. The van der Waals surface area contributed by atoms with Crippen molar-refractivity contribution in [2.24, 2.45) is 0 Å². The van der Waals surface area contributed by atoms with Gasteiger partial charge in [0, 0.05) is 25.1 Å². The Morgan fingerprint density at radius 3 is 2.00 bits per heavy atom. The van der Waals surface area contributed by atoms with E-state index in [1.807, 2.05) is 18.5 Å². The predicted molar refractivity (Wildman–Crippen MR) is 178 cm³/mol. The zero-order valence-electron chi connectivity index (χ0n) is 28.4. The quantitative estimate of drug-likeness (QED) is 0.119. The van der Waals surface area contributed by atoms with E-state index in [0.29, 0.717) is 12.3 Å². The summed E-state index contributed by atoms with van der Waals surface area (Å²) >= 11 is 1.66. The molecule has 0 saturated carbocycles. The summed E-state index contributed by atoms with van der Waals surface area (Å²) in [7, 11) is 0. The van der Waals surface area contributed by atoms with Crippen molar-refractivity contribution in [3.05, 3.63) is 28.4 Å². The Balaban J connectivity index is 0.0000106. The molecule has 3 N–H and O–H groups in total. The molecule has 2 aromatic heterocycles. The summed E-state index contributed by atoms with van der Waals surface area (Å²) in [5.74, 6) is 0.820. The molecule has 0 aliphatic heterocycles. The highest BCUT2D eigenvalue weighted by Crippen LogP contribution is 2.15. The minimum absolute atomic E-state index is 0. The molecule has 0 aliphatic carbocycles. The Labute approximate surface area is 291 Å². The van der Waals surface area contributed by atoms with Gasteiger partial charge in [0.25, 0.3) is 5.88 Å². The first-order valence-electron chi connectivity index (χ1n) is 17.4. The number of hydrogen-bond donors (Lipinski definition) is 2. The van der Waals surface area contributed by atoms with Crippen molar-refractivity contribution >= 4 is 23.5 Å². The maximum atomic E-state index is 12.5. The number of aromatic amines is 1. The summed E-state index contributed by atoms with van der Waals surface area (Å²) in [6.07, 6.45) is 22.0. The number of halogens is 1. The molecule has 0 saturated heterocycles. The number of amides is 2. The van der Waals surface area contributed by atoms with E-state index >= 15 is 0 Å². The SMILES string of the molecule is CCCCCCCCCCCCCCCCCNC(=O)OCC(COC(=O)NC(CC)CCc1[nH+]ccs1)Oc1cc(C)on1.[Br-]. The summed E-state index contributed by atoms with van der Waals surface area (Å²) < 4.78 is 21.6. The Bertz CT molecular complexity index is 1010. The number of aromatic nitrogens is 2. The largest absolute Gasteiger partial charge is 1.00 e. The molecule has 264 valence electrons. The second-order valence-corrected chi connectivity index (χ2v) is 12.9. The zero-order valence-corrected chi connectivity index (χ0v) is 30.8. The minimum atomic E-state index is -0.738. The molecular formula is C34H59BrN4O6S. The van der Waals surface area contributed by atoms with E-state index in [9.17, 15) is 9.59 Å². The third-order valence-corrected chi connectivity index (χ3v) is 8.68. The number of H-pyrrole nitrogens is 1. The average molecular weight is 732 g/mol. The number of aryl methyl sites for hydroxylation is 2. The zero-order chi connectivity index (χ0) is 32.4. The molecule has 0 spiro atoms. The van der Waals surface area contributed by atoms with Crippen LogP contribution in [0.3, 0.4) is 0 Å². The first kappa shape index (κ1) is 41.7. The van der Waals surface area contributed by atoms with Gasteiger partial charge in [0.1, 0.15) is 19.0 Å². The fraction of sp³-hybridized carbons (Fsp3) is 0.765.